The second kappa shape index (κ2) is 12.2. The van der Waals surface area contributed by atoms with Gasteiger partial charge in [0.25, 0.3) is 0 Å². The van der Waals surface area contributed by atoms with Gasteiger partial charge in [0, 0.05) is 13.6 Å². The van der Waals surface area contributed by atoms with Gasteiger partial charge in [-0.15, -0.1) is 30.4 Å². The first-order valence-electron chi connectivity index (χ1n) is 8.95. The maximum Gasteiger partial charge on any atom is 0.191 e. The van der Waals surface area contributed by atoms with E-state index in [1.54, 1.807) is 33.2 Å². The van der Waals surface area contributed by atoms with Crippen LogP contribution < -0.4 is 20.1 Å². The molecule has 0 aliphatic heterocycles. The van der Waals surface area contributed by atoms with E-state index in [-0.39, 0.29) is 42.4 Å². The fourth-order valence-corrected chi connectivity index (χ4v) is 2.61. The highest BCUT2D eigenvalue weighted by molar-refractivity contribution is 14.0. The van der Waals surface area contributed by atoms with E-state index in [1.807, 2.05) is 31.2 Å². The third kappa shape index (κ3) is 7.13. The summed E-state index contributed by atoms with van der Waals surface area (Å²) < 4.78 is 24.6. The molecule has 1 unspecified atom stereocenters. The van der Waals surface area contributed by atoms with Gasteiger partial charge in [0.1, 0.15) is 12.4 Å². The highest BCUT2D eigenvalue weighted by Crippen LogP contribution is 2.28. The Morgan fingerprint density at radius 2 is 2.00 bits per heavy atom. The van der Waals surface area contributed by atoms with Gasteiger partial charge in [-0.3, -0.25) is 4.99 Å². The summed E-state index contributed by atoms with van der Waals surface area (Å²) in [5.74, 6) is 4.04. The predicted octanol–water partition coefficient (Wildman–Crippen LogP) is 4.20. The van der Waals surface area contributed by atoms with Crippen molar-refractivity contribution in [2.75, 3.05) is 20.8 Å². The predicted molar refractivity (Wildman–Crippen MR) is 126 cm³/mol. The highest BCUT2D eigenvalue weighted by Gasteiger charge is 2.11. The van der Waals surface area contributed by atoms with Gasteiger partial charge in [-0.25, -0.2) is 4.39 Å². The largest absolute Gasteiger partial charge is 0.493 e. The van der Waals surface area contributed by atoms with Gasteiger partial charge < -0.3 is 20.1 Å². The molecule has 1 atom stereocenters. The Bertz CT molecular complexity index is 881. The van der Waals surface area contributed by atoms with Crippen molar-refractivity contribution in [3.05, 3.63) is 58.9 Å². The van der Waals surface area contributed by atoms with E-state index < -0.39 is 0 Å². The Labute approximate surface area is 189 Å². The lowest BCUT2D eigenvalue weighted by molar-refractivity contribution is 0.330. The van der Waals surface area contributed by atoms with Crippen LogP contribution in [-0.4, -0.2) is 26.7 Å². The lowest BCUT2D eigenvalue weighted by atomic mass is 10.1. The van der Waals surface area contributed by atoms with Gasteiger partial charge in [0.15, 0.2) is 17.5 Å². The van der Waals surface area contributed by atoms with E-state index in [4.69, 9.17) is 15.9 Å². The number of aryl methyl sites for hydroxylation is 1. The van der Waals surface area contributed by atoms with Crippen LogP contribution in [0.25, 0.3) is 0 Å². The lowest BCUT2D eigenvalue weighted by Gasteiger charge is -2.19. The van der Waals surface area contributed by atoms with Crippen LogP contribution in [0.4, 0.5) is 4.39 Å². The zero-order chi connectivity index (χ0) is 20.5. The van der Waals surface area contributed by atoms with Crippen molar-refractivity contribution < 1.29 is 13.9 Å². The Morgan fingerprint density at radius 3 is 2.62 bits per heavy atom. The molecule has 2 aromatic carbocycles. The molecule has 0 saturated heterocycles. The molecule has 156 valence electrons. The molecule has 7 heteroatoms. The van der Waals surface area contributed by atoms with E-state index >= 15 is 0 Å². The summed E-state index contributed by atoms with van der Waals surface area (Å²) in [6, 6.07) is 10.7. The van der Waals surface area contributed by atoms with Gasteiger partial charge in [-0.05, 0) is 48.7 Å². The summed E-state index contributed by atoms with van der Waals surface area (Å²) in [5, 5.41) is 6.50. The first-order valence-corrected chi connectivity index (χ1v) is 8.95. The number of rotatable bonds is 7. The molecule has 0 aliphatic carbocycles. The monoisotopic (exact) mass is 511 g/mol. The van der Waals surface area contributed by atoms with Crippen LogP contribution in [0.1, 0.15) is 29.7 Å². The number of aliphatic imine (C=N–C) groups is 1. The molecular formula is C22H27FIN3O2. The number of hydrogen-bond donors (Lipinski definition) is 2. The molecule has 0 heterocycles. The third-order valence-corrected chi connectivity index (χ3v) is 4.27. The molecule has 0 aromatic heterocycles. The van der Waals surface area contributed by atoms with Crippen LogP contribution in [0.5, 0.6) is 11.5 Å². The van der Waals surface area contributed by atoms with Gasteiger partial charge in [-0.1, -0.05) is 24.1 Å². The molecule has 5 nitrogen and oxygen atoms in total. The first kappa shape index (κ1) is 24.6. The maximum absolute atomic E-state index is 13.8. The smallest absolute Gasteiger partial charge is 0.191 e. The van der Waals surface area contributed by atoms with Crippen molar-refractivity contribution in [2.24, 2.45) is 4.99 Å². The van der Waals surface area contributed by atoms with Gasteiger partial charge in [0.05, 0.1) is 13.2 Å². The quantitative estimate of drug-likeness (QED) is 0.253. The number of ether oxygens (including phenoxy) is 2. The minimum atomic E-state index is -0.216. The second-order valence-electron chi connectivity index (χ2n) is 6.28. The van der Waals surface area contributed by atoms with Crippen LogP contribution in [0.3, 0.4) is 0 Å². The molecular weight excluding hydrogens is 484 g/mol. The second-order valence-corrected chi connectivity index (χ2v) is 6.28. The number of methoxy groups -OCH3 is 1. The SMILES string of the molecule is C#CCOc1cc(CNC(=NC)NC(C)c2ccc(C)c(F)c2)ccc1OC.I. The van der Waals surface area contributed by atoms with Gasteiger partial charge in [0.2, 0.25) is 0 Å². The molecule has 0 saturated carbocycles. The minimum absolute atomic E-state index is 0. The number of benzene rings is 2. The molecule has 0 radical (unpaired) electrons. The molecule has 0 amide bonds. The Kier molecular flexibility index (Phi) is 10.3. The van der Waals surface area contributed by atoms with Crippen molar-refractivity contribution >= 4 is 29.9 Å². The molecule has 29 heavy (non-hydrogen) atoms. The number of nitrogens with one attached hydrogen (secondary N) is 2. The highest BCUT2D eigenvalue weighted by atomic mass is 127. The molecule has 2 aromatic rings. The molecule has 0 spiro atoms. The number of halogens is 2. The van der Waals surface area contributed by atoms with Crippen LogP contribution in [-0.2, 0) is 6.54 Å². The minimum Gasteiger partial charge on any atom is -0.493 e. The average molecular weight is 511 g/mol. The third-order valence-electron chi connectivity index (χ3n) is 4.27. The van der Waals surface area contributed by atoms with Crippen molar-refractivity contribution in [3.63, 3.8) is 0 Å². The zero-order valence-electron chi connectivity index (χ0n) is 17.1. The maximum atomic E-state index is 13.8. The number of guanidine groups is 1. The lowest BCUT2D eigenvalue weighted by Crippen LogP contribution is -2.38. The number of terminal acetylenes is 1. The molecule has 2 rings (SSSR count). The normalized spacial score (nSPS) is 11.7. The summed E-state index contributed by atoms with van der Waals surface area (Å²) >= 11 is 0. The zero-order valence-corrected chi connectivity index (χ0v) is 19.4. The van der Waals surface area contributed by atoms with Gasteiger partial charge >= 0.3 is 0 Å². The average Bonchev–Trinajstić information content (AvgIpc) is 2.71. The molecule has 0 aliphatic rings. The summed E-state index contributed by atoms with van der Waals surface area (Å²) in [6.45, 7) is 4.39. The van der Waals surface area contributed by atoms with E-state index in [1.165, 1.54) is 0 Å². The van der Waals surface area contributed by atoms with Gasteiger partial charge in [-0.2, -0.15) is 0 Å². The van der Waals surface area contributed by atoms with E-state index in [0.717, 1.165) is 11.1 Å². The van der Waals surface area contributed by atoms with Crippen LogP contribution in [0, 0.1) is 25.1 Å². The van der Waals surface area contributed by atoms with Crippen LogP contribution in [0.2, 0.25) is 0 Å². The van der Waals surface area contributed by atoms with E-state index in [0.29, 0.717) is 29.6 Å². The van der Waals surface area contributed by atoms with Crippen molar-refractivity contribution in [3.8, 4) is 23.8 Å². The molecule has 0 fully saturated rings. The van der Waals surface area contributed by atoms with Crippen molar-refractivity contribution in [1.82, 2.24) is 10.6 Å². The van der Waals surface area contributed by atoms with E-state index in [9.17, 15) is 4.39 Å². The van der Waals surface area contributed by atoms with E-state index in [2.05, 4.69) is 21.5 Å². The fraction of sp³-hybridized carbons (Fsp3) is 0.318. The van der Waals surface area contributed by atoms with Crippen molar-refractivity contribution in [2.45, 2.75) is 26.4 Å². The first-order chi connectivity index (χ1) is 13.5. The Balaban J connectivity index is 0.00000420. The van der Waals surface area contributed by atoms with Crippen LogP contribution in [0.15, 0.2) is 41.4 Å². The fourth-order valence-electron chi connectivity index (χ4n) is 2.61. The van der Waals surface area contributed by atoms with Crippen molar-refractivity contribution in [1.29, 1.82) is 0 Å². The summed E-state index contributed by atoms with van der Waals surface area (Å²) in [5.41, 5.74) is 2.45. The van der Waals surface area contributed by atoms with Crippen LogP contribution >= 0.6 is 24.0 Å². The number of nitrogens with zero attached hydrogens (tertiary/aromatic N) is 1. The standard InChI is InChI=1S/C22H26FN3O2.HI/c1-6-11-28-21-12-17(8-10-20(21)27-5)14-25-22(24-4)26-16(3)18-9-7-15(2)19(23)13-18;/h1,7-10,12-13,16H,11,14H2,2-5H3,(H2,24,25,26);1H. The Hall–Kier alpha value is -2.47. The molecule has 2 N–H and O–H groups in total. The summed E-state index contributed by atoms with van der Waals surface area (Å²) in [6.07, 6.45) is 5.26. The Morgan fingerprint density at radius 1 is 1.24 bits per heavy atom. The number of hydrogen-bond acceptors (Lipinski definition) is 3. The topological polar surface area (TPSA) is 54.9 Å². The summed E-state index contributed by atoms with van der Waals surface area (Å²) in [4.78, 5) is 4.23. The summed E-state index contributed by atoms with van der Waals surface area (Å²) in [7, 11) is 3.27. The molecule has 0 bridgehead atoms.